The van der Waals surface area contributed by atoms with Gasteiger partial charge in [0.15, 0.2) is 0 Å². The molecule has 1 aromatic carbocycles. The second-order valence-corrected chi connectivity index (χ2v) is 8.09. The lowest BCUT2D eigenvalue weighted by Crippen LogP contribution is -2.39. The summed E-state index contributed by atoms with van der Waals surface area (Å²) in [6.45, 7) is 3.33. The number of hydrogen-bond acceptors (Lipinski definition) is 5. The summed E-state index contributed by atoms with van der Waals surface area (Å²) < 4.78 is 0. The average Bonchev–Trinajstić information content (AvgIpc) is 3.10. The van der Waals surface area contributed by atoms with Gasteiger partial charge in [-0.25, -0.2) is 9.97 Å². The van der Waals surface area contributed by atoms with Gasteiger partial charge in [-0.3, -0.25) is 9.59 Å². The van der Waals surface area contributed by atoms with Crippen LogP contribution in [0.15, 0.2) is 29.1 Å². The number of hydrogen-bond donors (Lipinski definition) is 2. The summed E-state index contributed by atoms with van der Waals surface area (Å²) in [5.41, 5.74) is 3.19. The second-order valence-electron chi connectivity index (χ2n) is 7.22. The fourth-order valence-corrected chi connectivity index (χ4v) is 4.09. The molecule has 1 saturated heterocycles. The SMILES string of the molecule is CSCc1nc(C(=O)N2CCC(c3nc4ccc(C)cc4[nH]3)CC2)cc(=O)[nH]1. The van der Waals surface area contributed by atoms with E-state index in [-0.39, 0.29) is 17.2 Å². The minimum absolute atomic E-state index is 0.174. The lowest BCUT2D eigenvalue weighted by atomic mass is 9.96. The molecule has 8 heteroatoms. The van der Waals surface area contributed by atoms with Crippen LogP contribution < -0.4 is 5.56 Å². The molecule has 2 aromatic heterocycles. The number of imidazole rings is 1. The summed E-state index contributed by atoms with van der Waals surface area (Å²) in [6.07, 6.45) is 3.61. The highest BCUT2D eigenvalue weighted by Gasteiger charge is 2.27. The number of amides is 1. The third kappa shape index (κ3) is 3.82. The van der Waals surface area contributed by atoms with Crippen molar-refractivity contribution in [1.29, 1.82) is 0 Å². The highest BCUT2D eigenvalue weighted by Crippen LogP contribution is 2.28. The van der Waals surface area contributed by atoms with Crippen LogP contribution in [0.2, 0.25) is 0 Å². The number of aromatic amines is 2. The molecule has 0 unspecified atom stereocenters. The van der Waals surface area contributed by atoms with E-state index in [4.69, 9.17) is 4.98 Å². The Bertz CT molecular complexity index is 1070. The number of fused-ring (bicyclic) bond motifs is 1. The number of thioether (sulfide) groups is 1. The smallest absolute Gasteiger partial charge is 0.272 e. The van der Waals surface area contributed by atoms with Gasteiger partial charge in [0.25, 0.3) is 11.5 Å². The predicted molar refractivity (Wildman–Crippen MR) is 111 cm³/mol. The van der Waals surface area contributed by atoms with Crippen molar-refractivity contribution in [3.63, 3.8) is 0 Å². The van der Waals surface area contributed by atoms with Gasteiger partial charge in [-0.05, 0) is 43.7 Å². The molecule has 1 fully saturated rings. The zero-order chi connectivity index (χ0) is 19.7. The Balaban J connectivity index is 1.46. The Labute approximate surface area is 167 Å². The first-order chi connectivity index (χ1) is 13.5. The van der Waals surface area contributed by atoms with Crippen molar-refractivity contribution in [2.45, 2.75) is 31.4 Å². The van der Waals surface area contributed by atoms with Crippen LogP contribution in [-0.4, -0.2) is 50.1 Å². The molecule has 0 atom stereocenters. The van der Waals surface area contributed by atoms with Crippen LogP contribution >= 0.6 is 11.8 Å². The predicted octanol–water partition coefficient (Wildman–Crippen LogP) is 2.84. The highest BCUT2D eigenvalue weighted by atomic mass is 32.2. The molecule has 0 saturated carbocycles. The maximum Gasteiger partial charge on any atom is 0.272 e. The fourth-order valence-electron chi connectivity index (χ4n) is 3.68. The lowest BCUT2D eigenvalue weighted by Gasteiger charge is -2.30. The van der Waals surface area contributed by atoms with Crippen molar-refractivity contribution in [2.24, 2.45) is 0 Å². The monoisotopic (exact) mass is 397 g/mol. The number of benzene rings is 1. The number of likely N-dealkylation sites (tertiary alicyclic amines) is 1. The number of rotatable bonds is 4. The summed E-state index contributed by atoms with van der Waals surface area (Å²) in [4.78, 5) is 41.6. The van der Waals surface area contributed by atoms with E-state index >= 15 is 0 Å². The quantitative estimate of drug-likeness (QED) is 0.706. The summed E-state index contributed by atoms with van der Waals surface area (Å²) in [5, 5.41) is 0. The molecule has 1 aliphatic rings. The van der Waals surface area contributed by atoms with Crippen LogP contribution in [0.1, 0.15) is 46.5 Å². The van der Waals surface area contributed by atoms with Gasteiger partial charge >= 0.3 is 0 Å². The first kappa shape index (κ1) is 18.7. The molecule has 28 heavy (non-hydrogen) atoms. The molecular weight excluding hydrogens is 374 g/mol. The van der Waals surface area contributed by atoms with Crippen molar-refractivity contribution in [3.05, 3.63) is 57.5 Å². The number of aromatic nitrogens is 4. The number of piperidine rings is 1. The molecule has 7 nitrogen and oxygen atoms in total. The molecule has 0 bridgehead atoms. The number of H-pyrrole nitrogens is 2. The van der Waals surface area contributed by atoms with Crippen molar-refractivity contribution in [3.8, 4) is 0 Å². The van der Waals surface area contributed by atoms with E-state index in [9.17, 15) is 9.59 Å². The van der Waals surface area contributed by atoms with E-state index in [0.29, 0.717) is 30.6 Å². The molecule has 0 spiro atoms. The molecule has 3 heterocycles. The molecule has 1 aliphatic heterocycles. The van der Waals surface area contributed by atoms with E-state index in [1.54, 1.807) is 16.7 Å². The van der Waals surface area contributed by atoms with Crippen LogP contribution in [0.5, 0.6) is 0 Å². The number of carbonyl (C=O) groups is 1. The van der Waals surface area contributed by atoms with Crippen LogP contribution in [0.4, 0.5) is 0 Å². The Hall–Kier alpha value is -2.61. The van der Waals surface area contributed by atoms with Gasteiger partial charge in [-0.1, -0.05) is 6.07 Å². The molecule has 3 aromatic rings. The van der Waals surface area contributed by atoms with E-state index in [0.717, 1.165) is 29.7 Å². The van der Waals surface area contributed by atoms with E-state index < -0.39 is 0 Å². The Morgan fingerprint density at radius 1 is 1.21 bits per heavy atom. The topological polar surface area (TPSA) is 94.7 Å². The molecular formula is C20H23N5O2S. The van der Waals surface area contributed by atoms with E-state index in [1.165, 1.54) is 11.6 Å². The fraction of sp³-hybridized carbons (Fsp3) is 0.400. The van der Waals surface area contributed by atoms with Gasteiger partial charge < -0.3 is 14.9 Å². The second kappa shape index (κ2) is 7.79. The summed E-state index contributed by atoms with van der Waals surface area (Å²) in [7, 11) is 0. The van der Waals surface area contributed by atoms with Crippen LogP contribution in [0.25, 0.3) is 11.0 Å². The van der Waals surface area contributed by atoms with Gasteiger partial charge in [-0.15, -0.1) is 0 Å². The average molecular weight is 398 g/mol. The molecule has 0 radical (unpaired) electrons. The summed E-state index contributed by atoms with van der Waals surface area (Å²) in [6, 6.07) is 7.50. The third-order valence-electron chi connectivity index (χ3n) is 5.12. The van der Waals surface area contributed by atoms with Gasteiger partial charge in [-0.2, -0.15) is 11.8 Å². The van der Waals surface area contributed by atoms with Crippen molar-refractivity contribution < 1.29 is 4.79 Å². The maximum atomic E-state index is 12.8. The number of carbonyl (C=O) groups excluding carboxylic acids is 1. The number of aryl methyl sites for hydroxylation is 1. The standard InChI is InChI=1S/C20H23N5O2S/c1-12-3-4-14-15(9-12)23-19(22-14)13-5-7-25(8-6-13)20(27)16-10-18(26)24-17(21-16)11-28-2/h3-4,9-10,13H,5-8,11H2,1-2H3,(H,22,23)(H,21,24,26). The van der Waals surface area contributed by atoms with Crippen molar-refractivity contribution in [2.75, 3.05) is 19.3 Å². The van der Waals surface area contributed by atoms with Crippen LogP contribution in [0.3, 0.4) is 0 Å². The van der Waals surface area contributed by atoms with Crippen LogP contribution in [-0.2, 0) is 5.75 Å². The molecule has 1 amide bonds. The maximum absolute atomic E-state index is 12.8. The molecule has 146 valence electrons. The first-order valence-corrected chi connectivity index (χ1v) is 10.8. The number of nitrogens with one attached hydrogen (secondary N) is 2. The van der Waals surface area contributed by atoms with E-state index in [2.05, 4.69) is 34.0 Å². The van der Waals surface area contributed by atoms with Gasteiger partial charge in [0, 0.05) is 25.1 Å². The zero-order valence-electron chi connectivity index (χ0n) is 16.0. The summed E-state index contributed by atoms with van der Waals surface area (Å²) >= 11 is 1.55. The Kier molecular flexibility index (Phi) is 5.21. The highest BCUT2D eigenvalue weighted by molar-refractivity contribution is 7.97. The third-order valence-corrected chi connectivity index (χ3v) is 5.68. The van der Waals surface area contributed by atoms with Gasteiger partial charge in [0.2, 0.25) is 0 Å². The van der Waals surface area contributed by atoms with Crippen LogP contribution in [0, 0.1) is 6.92 Å². The van der Waals surface area contributed by atoms with Crippen molar-refractivity contribution in [1.82, 2.24) is 24.8 Å². The van der Waals surface area contributed by atoms with Crippen molar-refractivity contribution >= 4 is 28.7 Å². The normalized spacial score (nSPS) is 15.3. The van der Waals surface area contributed by atoms with Gasteiger partial charge in [0.1, 0.15) is 17.3 Å². The van der Waals surface area contributed by atoms with E-state index in [1.807, 2.05) is 12.3 Å². The van der Waals surface area contributed by atoms with Gasteiger partial charge in [0.05, 0.1) is 16.8 Å². The largest absolute Gasteiger partial charge is 0.342 e. The number of nitrogens with zero attached hydrogens (tertiary/aromatic N) is 3. The molecule has 4 rings (SSSR count). The molecule has 2 N–H and O–H groups in total. The minimum atomic E-state index is -0.283. The Morgan fingerprint density at radius 3 is 2.75 bits per heavy atom. The summed E-state index contributed by atoms with van der Waals surface area (Å²) in [5.74, 6) is 2.23. The first-order valence-electron chi connectivity index (χ1n) is 9.38. The minimum Gasteiger partial charge on any atom is -0.342 e. The zero-order valence-corrected chi connectivity index (χ0v) is 16.8. The Morgan fingerprint density at radius 2 is 2.00 bits per heavy atom. The lowest BCUT2D eigenvalue weighted by molar-refractivity contribution is 0.0704. The molecule has 0 aliphatic carbocycles.